The third-order valence-corrected chi connectivity index (χ3v) is 6.66. The monoisotopic (exact) mass is 424 g/mol. The van der Waals surface area contributed by atoms with E-state index in [4.69, 9.17) is 0 Å². The van der Waals surface area contributed by atoms with Crippen molar-refractivity contribution in [3.63, 3.8) is 0 Å². The summed E-state index contributed by atoms with van der Waals surface area (Å²) in [5, 5.41) is 3.13. The van der Waals surface area contributed by atoms with E-state index >= 15 is 0 Å². The SMILES string of the molecule is O=C(CN1CC2(CC2)c2cc(Br)ccc2C1=O)NC1Cc2ccccc2C1. The minimum Gasteiger partial charge on any atom is -0.351 e. The summed E-state index contributed by atoms with van der Waals surface area (Å²) in [5.74, 6) is -0.0857. The Morgan fingerprint density at radius 3 is 2.52 bits per heavy atom. The second kappa shape index (κ2) is 6.20. The predicted octanol–water partition coefficient (Wildman–Crippen LogP) is 3.22. The highest BCUT2D eigenvalue weighted by molar-refractivity contribution is 9.10. The third-order valence-electron chi connectivity index (χ3n) is 6.17. The number of carbonyl (C=O) groups is 2. The second-order valence-corrected chi connectivity index (χ2v) is 8.99. The molecule has 4 nitrogen and oxygen atoms in total. The van der Waals surface area contributed by atoms with Gasteiger partial charge in [-0.2, -0.15) is 0 Å². The van der Waals surface area contributed by atoms with Gasteiger partial charge in [0, 0.05) is 28.0 Å². The minimum atomic E-state index is -0.0579. The number of amides is 2. The van der Waals surface area contributed by atoms with Gasteiger partial charge in [0.05, 0.1) is 6.54 Å². The third kappa shape index (κ3) is 2.98. The summed E-state index contributed by atoms with van der Waals surface area (Å²) >= 11 is 3.52. The average Bonchev–Trinajstić information content (AvgIpc) is 3.30. The smallest absolute Gasteiger partial charge is 0.254 e. The van der Waals surface area contributed by atoms with Gasteiger partial charge >= 0.3 is 0 Å². The number of carbonyl (C=O) groups excluding carboxylic acids is 2. The van der Waals surface area contributed by atoms with Crippen molar-refractivity contribution < 1.29 is 9.59 Å². The Kier molecular flexibility index (Phi) is 3.90. The van der Waals surface area contributed by atoms with E-state index in [0.29, 0.717) is 6.54 Å². The lowest BCUT2D eigenvalue weighted by Crippen LogP contribution is -2.49. The van der Waals surface area contributed by atoms with Crippen molar-refractivity contribution in [2.45, 2.75) is 37.1 Å². The molecular formula is C22H21BrN2O2. The summed E-state index contributed by atoms with van der Waals surface area (Å²) in [6.07, 6.45) is 3.91. The van der Waals surface area contributed by atoms with E-state index in [2.05, 4.69) is 39.4 Å². The summed E-state index contributed by atoms with van der Waals surface area (Å²) in [6.45, 7) is 0.788. The number of nitrogens with one attached hydrogen (secondary N) is 1. The Balaban J connectivity index is 1.28. The van der Waals surface area contributed by atoms with Crippen LogP contribution in [0.25, 0.3) is 0 Å². The first kappa shape index (κ1) is 17.0. The molecule has 1 saturated carbocycles. The highest BCUT2D eigenvalue weighted by Gasteiger charge is 2.51. The number of halogens is 1. The van der Waals surface area contributed by atoms with Gasteiger partial charge in [0.2, 0.25) is 5.91 Å². The molecule has 3 aliphatic rings. The molecule has 1 spiro atoms. The molecule has 27 heavy (non-hydrogen) atoms. The lowest BCUT2D eigenvalue weighted by Gasteiger charge is -2.34. The van der Waals surface area contributed by atoms with Crippen LogP contribution in [0.2, 0.25) is 0 Å². The lowest BCUT2D eigenvalue weighted by molar-refractivity contribution is -0.122. The molecule has 2 aliphatic carbocycles. The van der Waals surface area contributed by atoms with Gasteiger partial charge in [0.25, 0.3) is 5.91 Å². The van der Waals surface area contributed by atoms with Crippen LogP contribution in [-0.2, 0) is 23.1 Å². The Hall–Kier alpha value is -2.14. The first-order valence-electron chi connectivity index (χ1n) is 9.50. The zero-order chi connectivity index (χ0) is 18.6. The molecule has 1 heterocycles. The molecule has 2 amide bonds. The summed E-state index contributed by atoms with van der Waals surface area (Å²) < 4.78 is 1.01. The average molecular weight is 425 g/mol. The molecule has 138 valence electrons. The number of fused-ring (bicyclic) bond motifs is 3. The van der Waals surface area contributed by atoms with Gasteiger partial charge in [-0.15, -0.1) is 0 Å². The van der Waals surface area contributed by atoms with E-state index in [9.17, 15) is 9.59 Å². The summed E-state index contributed by atoms with van der Waals surface area (Å²) in [5.41, 5.74) is 4.58. The van der Waals surface area contributed by atoms with Crippen molar-refractivity contribution in [2.75, 3.05) is 13.1 Å². The molecule has 1 N–H and O–H groups in total. The molecule has 0 atom stereocenters. The lowest BCUT2D eigenvalue weighted by atomic mass is 9.86. The summed E-state index contributed by atoms with van der Waals surface area (Å²) in [4.78, 5) is 27.3. The van der Waals surface area contributed by atoms with Crippen molar-refractivity contribution in [2.24, 2.45) is 0 Å². The van der Waals surface area contributed by atoms with Gasteiger partial charge in [-0.25, -0.2) is 0 Å². The van der Waals surface area contributed by atoms with Crippen LogP contribution in [0.5, 0.6) is 0 Å². The van der Waals surface area contributed by atoms with Crippen LogP contribution in [0, 0.1) is 0 Å². The maximum absolute atomic E-state index is 12.9. The van der Waals surface area contributed by atoms with E-state index in [1.54, 1.807) is 4.90 Å². The van der Waals surface area contributed by atoms with Crippen molar-refractivity contribution in [3.05, 3.63) is 69.2 Å². The van der Waals surface area contributed by atoms with Crippen LogP contribution >= 0.6 is 15.9 Å². The van der Waals surface area contributed by atoms with Crippen LogP contribution in [0.15, 0.2) is 46.9 Å². The zero-order valence-electron chi connectivity index (χ0n) is 15.0. The quantitative estimate of drug-likeness (QED) is 0.821. The van der Waals surface area contributed by atoms with Gasteiger partial charge in [-0.3, -0.25) is 9.59 Å². The number of rotatable bonds is 3. The molecule has 2 aromatic carbocycles. The molecule has 1 fully saturated rings. The molecule has 0 unspecified atom stereocenters. The largest absolute Gasteiger partial charge is 0.351 e. The molecule has 0 saturated heterocycles. The van der Waals surface area contributed by atoms with Crippen molar-refractivity contribution in [1.29, 1.82) is 0 Å². The fourth-order valence-electron chi connectivity index (χ4n) is 4.65. The van der Waals surface area contributed by atoms with E-state index in [0.717, 1.165) is 41.3 Å². The van der Waals surface area contributed by atoms with Crippen molar-refractivity contribution >= 4 is 27.7 Å². The van der Waals surface area contributed by atoms with E-state index in [1.807, 2.05) is 24.3 Å². The summed E-state index contributed by atoms with van der Waals surface area (Å²) in [7, 11) is 0. The Bertz CT molecular complexity index is 926. The van der Waals surface area contributed by atoms with Crippen LogP contribution in [0.4, 0.5) is 0 Å². The van der Waals surface area contributed by atoms with Gasteiger partial charge in [-0.1, -0.05) is 40.2 Å². The fourth-order valence-corrected chi connectivity index (χ4v) is 5.01. The van der Waals surface area contributed by atoms with E-state index in [1.165, 1.54) is 11.1 Å². The van der Waals surface area contributed by atoms with Gasteiger partial charge in [-0.05, 0) is 60.6 Å². The van der Waals surface area contributed by atoms with Crippen molar-refractivity contribution in [3.8, 4) is 0 Å². The molecule has 5 rings (SSSR count). The molecule has 5 heteroatoms. The molecule has 0 radical (unpaired) electrons. The maximum Gasteiger partial charge on any atom is 0.254 e. The fraction of sp³-hybridized carbons (Fsp3) is 0.364. The van der Waals surface area contributed by atoms with Crippen LogP contribution < -0.4 is 5.32 Å². The molecule has 1 aliphatic heterocycles. The number of hydrogen-bond donors (Lipinski definition) is 1. The van der Waals surface area contributed by atoms with Gasteiger partial charge < -0.3 is 10.2 Å². The normalized spacial score (nSPS) is 19.7. The number of hydrogen-bond acceptors (Lipinski definition) is 2. The molecule has 0 aromatic heterocycles. The standard InChI is InChI=1S/C22H21BrN2O2/c23-16-5-6-18-19(11-16)22(7-8-22)13-25(21(18)27)12-20(26)24-17-9-14-3-1-2-4-15(14)10-17/h1-6,11,17H,7-10,12-13H2,(H,24,26). The second-order valence-electron chi connectivity index (χ2n) is 8.07. The topological polar surface area (TPSA) is 49.4 Å². The highest BCUT2D eigenvalue weighted by Crippen LogP contribution is 2.52. The van der Waals surface area contributed by atoms with Crippen LogP contribution in [0.3, 0.4) is 0 Å². The van der Waals surface area contributed by atoms with Gasteiger partial charge in [0.1, 0.15) is 0 Å². The van der Waals surface area contributed by atoms with E-state index < -0.39 is 0 Å². The van der Waals surface area contributed by atoms with E-state index in [-0.39, 0.29) is 29.8 Å². The zero-order valence-corrected chi connectivity index (χ0v) is 16.6. The number of nitrogens with zero attached hydrogens (tertiary/aromatic N) is 1. The highest BCUT2D eigenvalue weighted by atomic mass is 79.9. The number of benzene rings is 2. The molecule has 2 aromatic rings. The van der Waals surface area contributed by atoms with Gasteiger partial charge in [0.15, 0.2) is 0 Å². The maximum atomic E-state index is 12.9. The Labute approximate surface area is 167 Å². The summed E-state index contributed by atoms with van der Waals surface area (Å²) in [6, 6.07) is 14.3. The van der Waals surface area contributed by atoms with Crippen LogP contribution in [-0.4, -0.2) is 35.8 Å². The Morgan fingerprint density at radius 2 is 1.85 bits per heavy atom. The minimum absolute atomic E-state index is 0.0279. The predicted molar refractivity (Wildman–Crippen MR) is 107 cm³/mol. The molecule has 0 bridgehead atoms. The van der Waals surface area contributed by atoms with Crippen LogP contribution in [0.1, 0.15) is 39.9 Å². The first-order valence-corrected chi connectivity index (χ1v) is 10.3. The Morgan fingerprint density at radius 1 is 1.15 bits per heavy atom. The first-order chi connectivity index (χ1) is 13.0. The molecular weight excluding hydrogens is 404 g/mol. The van der Waals surface area contributed by atoms with Crippen molar-refractivity contribution in [1.82, 2.24) is 10.2 Å².